The van der Waals surface area contributed by atoms with Gasteiger partial charge in [0, 0.05) is 5.56 Å². The summed E-state index contributed by atoms with van der Waals surface area (Å²) in [5.74, 6) is -0.700. The fraction of sp³-hybridized carbons (Fsp3) is 0.167. The molecule has 0 saturated carbocycles. The first-order valence-electron chi connectivity index (χ1n) is 9.53. The first-order chi connectivity index (χ1) is 14.2. The quantitative estimate of drug-likeness (QED) is 0.555. The summed E-state index contributed by atoms with van der Waals surface area (Å²) in [5.41, 5.74) is 2.16. The van der Waals surface area contributed by atoms with E-state index in [1.807, 2.05) is 54.6 Å². The highest BCUT2D eigenvalue weighted by Crippen LogP contribution is 2.15. The van der Waals surface area contributed by atoms with E-state index < -0.39 is 12.1 Å². The van der Waals surface area contributed by atoms with Crippen molar-refractivity contribution in [2.45, 2.75) is 18.5 Å². The van der Waals surface area contributed by atoms with E-state index in [4.69, 9.17) is 0 Å². The Labute approximate surface area is 170 Å². The highest BCUT2D eigenvalue weighted by Gasteiger charge is 2.25. The normalized spacial score (nSPS) is 12.6. The highest BCUT2D eigenvalue weighted by molar-refractivity contribution is 5.97. The molecule has 3 aromatic carbocycles. The maximum Gasteiger partial charge on any atom is 0.252 e. The molecule has 5 nitrogen and oxygen atoms in total. The van der Waals surface area contributed by atoms with Gasteiger partial charge in [-0.3, -0.25) is 9.59 Å². The van der Waals surface area contributed by atoms with Crippen LogP contribution in [0.25, 0.3) is 0 Å². The van der Waals surface area contributed by atoms with Crippen LogP contribution in [0.2, 0.25) is 0 Å². The molecular formula is C24H24N2O3. The van der Waals surface area contributed by atoms with Gasteiger partial charge in [-0.15, -0.1) is 0 Å². The van der Waals surface area contributed by atoms with Crippen LogP contribution in [-0.4, -0.2) is 29.6 Å². The van der Waals surface area contributed by atoms with Gasteiger partial charge >= 0.3 is 0 Å². The number of benzene rings is 3. The summed E-state index contributed by atoms with van der Waals surface area (Å²) >= 11 is 0. The maximum atomic E-state index is 13.0. The second-order valence-electron chi connectivity index (χ2n) is 6.76. The maximum absolute atomic E-state index is 13.0. The number of aliphatic hydroxyl groups excluding tert-OH is 1. The molecule has 2 amide bonds. The zero-order valence-electron chi connectivity index (χ0n) is 16.0. The van der Waals surface area contributed by atoms with Gasteiger partial charge in [-0.1, -0.05) is 78.9 Å². The van der Waals surface area contributed by atoms with Crippen LogP contribution < -0.4 is 10.6 Å². The highest BCUT2D eigenvalue weighted by atomic mass is 16.3. The molecule has 29 heavy (non-hydrogen) atoms. The molecule has 3 rings (SSSR count). The van der Waals surface area contributed by atoms with Gasteiger partial charge < -0.3 is 15.7 Å². The van der Waals surface area contributed by atoms with Gasteiger partial charge in [0.2, 0.25) is 5.91 Å². The molecule has 0 fully saturated rings. The lowest BCUT2D eigenvalue weighted by atomic mass is 10.0. The van der Waals surface area contributed by atoms with Crippen LogP contribution in [-0.2, 0) is 11.2 Å². The van der Waals surface area contributed by atoms with Crippen molar-refractivity contribution in [3.63, 3.8) is 0 Å². The smallest absolute Gasteiger partial charge is 0.252 e. The van der Waals surface area contributed by atoms with Crippen molar-refractivity contribution in [1.29, 1.82) is 0 Å². The summed E-state index contributed by atoms with van der Waals surface area (Å²) in [6.45, 7) is -0.200. The third-order valence-electron chi connectivity index (χ3n) is 4.60. The van der Waals surface area contributed by atoms with Crippen molar-refractivity contribution in [3.05, 3.63) is 108 Å². The lowest BCUT2D eigenvalue weighted by Crippen LogP contribution is -2.46. The van der Waals surface area contributed by atoms with Crippen molar-refractivity contribution >= 4 is 11.8 Å². The number of amides is 2. The van der Waals surface area contributed by atoms with Gasteiger partial charge in [0.1, 0.15) is 6.04 Å². The van der Waals surface area contributed by atoms with Gasteiger partial charge in [0.25, 0.3) is 5.91 Å². The van der Waals surface area contributed by atoms with Gasteiger partial charge in [-0.25, -0.2) is 0 Å². The molecule has 0 aliphatic carbocycles. The number of aliphatic hydroxyl groups is 1. The summed E-state index contributed by atoms with van der Waals surface area (Å²) in [7, 11) is 0. The minimum atomic E-state index is -0.867. The molecule has 0 bridgehead atoms. The monoisotopic (exact) mass is 388 g/mol. The van der Waals surface area contributed by atoms with Crippen LogP contribution in [0.15, 0.2) is 91.0 Å². The second-order valence-corrected chi connectivity index (χ2v) is 6.76. The molecule has 2 atom stereocenters. The molecule has 0 aromatic heterocycles. The number of hydrogen-bond donors (Lipinski definition) is 3. The van der Waals surface area contributed by atoms with Crippen molar-refractivity contribution in [3.8, 4) is 0 Å². The van der Waals surface area contributed by atoms with E-state index >= 15 is 0 Å². The molecule has 148 valence electrons. The summed E-state index contributed by atoms with van der Waals surface area (Å²) < 4.78 is 0. The number of rotatable bonds is 8. The Morgan fingerprint density at radius 1 is 0.759 bits per heavy atom. The Kier molecular flexibility index (Phi) is 7.14. The standard InChI is InChI=1S/C24H24N2O3/c27-17-21(16-18-10-4-1-5-11-18)25-24(29)22(19-12-6-2-7-13-19)26-23(28)20-14-8-3-9-15-20/h1-15,21-22,27H,16-17H2,(H,25,29)(H,26,28)/t21-,22-/m0/s1. The summed E-state index contributed by atoms with van der Waals surface area (Å²) in [4.78, 5) is 25.7. The predicted molar refractivity (Wildman–Crippen MR) is 112 cm³/mol. The van der Waals surface area contributed by atoms with E-state index in [1.54, 1.807) is 36.4 Å². The Morgan fingerprint density at radius 3 is 1.90 bits per heavy atom. The van der Waals surface area contributed by atoms with Crippen LogP contribution >= 0.6 is 0 Å². The zero-order chi connectivity index (χ0) is 20.5. The van der Waals surface area contributed by atoms with Crippen molar-refractivity contribution in [2.75, 3.05) is 6.61 Å². The van der Waals surface area contributed by atoms with Crippen LogP contribution in [0.3, 0.4) is 0 Å². The topological polar surface area (TPSA) is 78.4 Å². The number of nitrogens with one attached hydrogen (secondary N) is 2. The third-order valence-corrected chi connectivity index (χ3v) is 4.60. The molecule has 0 saturated heterocycles. The Balaban J connectivity index is 1.76. The molecule has 3 aromatic rings. The Bertz CT molecular complexity index is 915. The van der Waals surface area contributed by atoms with Gasteiger partial charge in [0.15, 0.2) is 0 Å². The second kappa shape index (κ2) is 10.2. The molecule has 5 heteroatoms. The first-order valence-corrected chi connectivity index (χ1v) is 9.53. The minimum Gasteiger partial charge on any atom is -0.394 e. The van der Waals surface area contributed by atoms with E-state index in [1.165, 1.54) is 0 Å². The summed E-state index contributed by atoms with van der Waals surface area (Å²) in [6, 6.07) is 26.1. The van der Waals surface area contributed by atoms with Gasteiger partial charge in [0.05, 0.1) is 12.6 Å². The minimum absolute atomic E-state index is 0.200. The molecule has 0 unspecified atom stereocenters. The summed E-state index contributed by atoms with van der Waals surface area (Å²) in [5, 5.41) is 15.4. The predicted octanol–water partition coefficient (Wildman–Crippen LogP) is 2.88. The van der Waals surface area contributed by atoms with Crippen LogP contribution in [0, 0.1) is 0 Å². The third kappa shape index (κ3) is 5.77. The van der Waals surface area contributed by atoms with Gasteiger partial charge in [-0.2, -0.15) is 0 Å². The molecule has 0 spiro atoms. The number of carbonyl (C=O) groups excluding carboxylic acids is 2. The van der Waals surface area contributed by atoms with E-state index in [0.29, 0.717) is 17.5 Å². The number of hydrogen-bond acceptors (Lipinski definition) is 3. The van der Waals surface area contributed by atoms with E-state index in [9.17, 15) is 14.7 Å². The first kappa shape index (κ1) is 20.3. The molecule has 0 aliphatic heterocycles. The Hall–Kier alpha value is -3.44. The van der Waals surface area contributed by atoms with Crippen LogP contribution in [0.4, 0.5) is 0 Å². The van der Waals surface area contributed by atoms with Crippen molar-refractivity contribution in [1.82, 2.24) is 10.6 Å². The van der Waals surface area contributed by atoms with E-state index in [0.717, 1.165) is 5.56 Å². The zero-order valence-corrected chi connectivity index (χ0v) is 16.0. The number of carbonyl (C=O) groups is 2. The Morgan fingerprint density at radius 2 is 1.31 bits per heavy atom. The van der Waals surface area contributed by atoms with Crippen molar-refractivity contribution < 1.29 is 14.7 Å². The lowest BCUT2D eigenvalue weighted by Gasteiger charge is -2.23. The fourth-order valence-corrected chi connectivity index (χ4v) is 3.09. The van der Waals surface area contributed by atoms with Gasteiger partial charge in [-0.05, 0) is 29.7 Å². The van der Waals surface area contributed by atoms with Crippen LogP contribution in [0.1, 0.15) is 27.5 Å². The largest absolute Gasteiger partial charge is 0.394 e. The molecule has 0 aliphatic rings. The lowest BCUT2D eigenvalue weighted by molar-refractivity contribution is -0.124. The van der Waals surface area contributed by atoms with E-state index in [2.05, 4.69) is 10.6 Å². The van der Waals surface area contributed by atoms with E-state index in [-0.39, 0.29) is 18.4 Å². The van der Waals surface area contributed by atoms with Crippen molar-refractivity contribution in [2.24, 2.45) is 0 Å². The summed E-state index contributed by atoms with van der Waals surface area (Å²) in [6.07, 6.45) is 0.497. The molecule has 3 N–H and O–H groups in total. The SMILES string of the molecule is O=C(N[C@H](C(=O)N[C@H](CO)Cc1ccccc1)c1ccccc1)c1ccccc1. The molecule has 0 heterocycles. The average molecular weight is 388 g/mol. The fourth-order valence-electron chi connectivity index (χ4n) is 3.09. The van der Waals surface area contributed by atoms with Crippen LogP contribution in [0.5, 0.6) is 0 Å². The molecule has 0 radical (unpaired) electrons. The average Bonchev–Trinajstić information content (AvgIpc) is 2.78. The molecular weight excluding hydrogens is 364 g/mol.